The second-order valence-electron chi connectivity index (χ2n) is 5.67. The SMILES string of the molecule is CCO/C(=C(\OCC)c1ccc(C(F)(F)F)cc1)c1ccc(C(F)(F)F)cc1. The molecule has 0 saturated carbocycles. The Morgan fingerprint density at radius 1 is 0.607 bits per heavy atom. The van der Waals surface area contributed by atoms with Gasteiger partial charge in [0.25, 0.3) is 0 Å². The van der Waals surface area contributed by atoms with Crippen LogP contribution in [0.5, 0.6) is 0 Å². The van der Waals surface area contributed by atoms with E-state index in [4.69, 9.17) is 9.47 Å². The van der Waals surface area contributed by atoms with Crippen molar-refractivity contribution in [2.45, 2.75) is 26.2 Å². The molecular formula is C20H18F6O2. The predicted molar refractivity (Wildman–Crippen MR) is 93.0 cm³/mol. The highest BCUT2D eigenvalue weighted by atomic mass is 19.4. The molecule has 2 nitrogen and oxygen atoms in total. The zero-order chi connectivity index (χ0) is 20.9. The Morgan fingerprint density at radius 2 is 0.893 bits per heavy atom. The maximum absolute atomic E-state index is 12.8. The van der Waals surface area contributed by atoms with E-state index in [-0.39, 0.29) is 24.7 Å². The van der Waals surface area contributed by atoms with E-state index in [0.717, 1.165) is 24.3 Å². The van der Waals surface area contributed by atoms with Crippen molar-refractivity contribution in [3.8, 4) is 0 Å². The van der Waals surface area contributed by atoms with E-state index in [1.54, 1.807) is 13.8 Å². The van der Waals surface area contributed by atoms with Crippen LogP contribution in [0.4, 0.5) is 26.3 Å². The van der Waals surface area contributed by atoms with Crippen LogP contribution in [-0.2, 0) is 21.8 Å². The highest BCUT2D eigenvalue weighted by molar-refractivity contribution is 5.84. The summed E-state index contributed by atoms with van der Waals surface area (Å²) in [6, 6.07) is 8.56. The Bertz CT molecular complexity index is 733. The highest BCUT2D eigenvalue weighted by Crippen LogP contribution is 2.34. The van der Waals surface area contributed by atoms with Crippen LogP contribution in [0.2, 0.25) is 0 Å². The van der Waals surface area contributed by atoms with Gasteiger partial charge in [0.2, 0.25) is 0 Å². The average Bonchev–Trinajstić information content (AvgIpc) is 2.63. The molecule has 0 aliphatic rings. The first-order chi connectivity index (χ1) is 13.1. The summed E-state index contributed by atoms with van der Waals surface area (Å²) in [6.45, 7) is 3.74. The van der Waals surface area contributed by atoms with Gasteiger partial charge in [-0.3, -0.25) is 0 Å². The van der Waals surface area contributed by atoms with Gasteiger partial charge >= 0.3 is 12.4 Å². The summed E-state index contributed by atoms with van der Waals surface area (Å²) in [5, 5.41) is 0. The molecule has 0 spiro atoms. The maximum Gasteiger partial charge on any atom is 0.416 e. The van der Waals surface area contributed by atoms with Crippen molar-refractivity contribution < 1.29 is 35.8 Å². The fraction of sp³-hybridized carbons (Fsp3) is 0.300. The van der Waals surface area contributed by atoms with Crippen LogP contribution < -0.4 is 0 Å². The molecular weight excluding hydrogens is 386 g/mol. The molecule has 0 N–H and O–H groups in total. The van der Waals surface area contributed by atoms with E-state index >= 15 is 0 Å². The van der Waals surface area contributed by atoms with Crippen molar-refractivity contribution in [2.75, 3.05) is 13.2 Å². The number of benzene rings is 2. The molecule has 0 bridgehead atoms. The molecule has 0 aromatic heterocycles. The molecule has 0 unspecified atom stereocenters. The van der Waals surface area contributed by atoms with Gasteiger partial charge in [0.1, 0.15) is 0 Å². The monoisotopic (exact) mass is 404 g/mol. The number of ether oxygens (including phenoxy) is 2. The molecule has 8 heteroatoms. The van der Waals surface area contributed by atoms with Crippen molar-refractivity contribution >= 4 is 11.5 Å². The summed E-state index contributed by atoms with van der Waals surface area (Å²) in [7, 11) is 0. The minimum atomic E-state index is -4.48. The second-order valence-corrected chi connectivity index (χ2v) is 5.67. The fourth-order valence-corrected chi connectivity index (χ4v) is 2.47. The third kappa shape index (κ3) is 5.21. The zero-order valence-electron chi connectivity index (χ0n) is 15.1. The molecule has 0 aliphatic carbocycles. The minimum Gasteiger partial charge on any atom is -0.489 e. The smallest absolute Gasteiger partial charge is 0.416 e. The van der Waals surface area contributed by atoms with Crippen LogP contribution >= 0.6 is 0 Å². The number of alkyl halides is 6. The topological polar surface area (TPSA) is 18.5 Å². The Morgan fingerprint density at radius 3 is 1.11 bits per heavy atom. The van der Waals surface area contributed by atoms with Crippen LogP contribution in [0.1, 0.15) is 36.1 Å². The van der Waals surface area contributed by atoms with Gasteiger partial charge in [-0.1, -0.05) is 24.3 Å². The van der Waals surface area contributed by atoms with E-state index in [9.17, 15) is 26.3 Å². The van der Waals surface area contributed by atoms with Crippen molar-refractivity contribution in [3.63, 3.8) is 0 Å². The second kappa shape index (κ2) is 8.58. The Balaban J connectivity index is 2.54. The molecule has 28 heavy (non-hydrogen) atoms. The first-order valence-electron chi connectivity index (χ1n) is 8.43. The number of hydrogen-bond acceptors (Lipinski definition) is 2. The maximum atomic E-state index is 12.8. The molecule has 2 aromatic carbocycles. The number of hydrogen-bond donors (Lipinski definition) is 0. The Kier molecular flexibility index (Phi) is 6.64. The normalized spacial score (nSPS) is 13.1. The molecule has 0 aliphatic heterocycles. The summed E-state index contributed by atoms with van der Waals surface area (Å²) in [5.74, 6) is 0.302. The lowest BCUT2D eigenvalue weighted by atomic mass is 10.0. The predicted octanol–water partition coefficient (Wildman–Crippen LogP) is 6.62. The standard InChI is InChI=1S/C20H18F6O2/c1-3-27-17(13-5-9-15(10-6-13)19(21,22)23)18(28-4-2)14-7-11-16(12-8-14)20(24,25)26/h5-12H,3-4H2,1-2H3/b18-17-. The summed E-state index contributed by atoms with van der Waals surface area (Å²) in [6.07, 6.45) is -8.96. The van der Waals surface area contributed by atoms with E-state index in [0.29, 0.717) is 11.1 Å². The van der Waals surface area contributed by atoms with E-state index in [1.807, 2.05) is 0 Å². The Hall–Kier alpha value is -2.64. The molecule has 0 amide bonds. The molecule has 0 saturated heterocycles. The lowest BCUT2D eigenvalue weighted by Gasteiger charge is -2.18. The average molecular weight is 404 g/mol. The van der Waals surface area contributed by atoms with Gasteiger partial charge in [-0.05, 0) is 38.1 Å². The molecule has 152 valence electrons. The van der Waals surface area contributed by atoms with Gasteiger partial charge in [-0.15, -0.1) is 0 Å². The van der Waals surface area contributed by atoms with E-state index in [1.165, 1.54) is 24.3 Å². The molecule has 0 heterocycles. The van der Waals surface area contributed by atoms with Crippen LogP contribution in [0, 0.1) is 0 Å². The number of halogens is 6. The van der Waals surface area contributed by atoms with E-state index in [2.05, 4.69) is 0 Å². The lowest BCUT2D eigenvalue weighted by molar-refractivity contribution is -0.138. The third-order valence-corrected chi connectivity index (χ3v) is 3.73. The minimum absolute atomic E-state index is 0.151. The zero-order valence-corrected chi connectivity index (χ0v) is 15.1. The van der Waals surface area contributed by atoms with Crippen LogP contribution in [-0.4, -0.2) is 13.2 Å². The molecule has 2 aromatic rings. The largest absolute Gasteiger partial charge is 0.489 e. The first-order valence-corrected chi connectivity index (χ1v) is 8.43. The van der Waals surface area contributed by atoms with Gasteiger partial charge in [0, 0.05) is 11.1 Å². The van der Waals surface area contributed by atoms with Crippen molar-refractivity contribution in [1.29, 1.82) is 0 Å². The molecule has 0 atom stereocenters. The summed E-state index contributed by atoms with van der Waals surface area (Å²) < 4.78 is 87.9. The van der Waals surface area contributed by atoms with Crippen LogP contribution in [0.25, 0.3) is 11.5 Å². The van der Waals surface area contributed by atoms with E-state index < -0.39 is 23.5 Å². The quantitative estimate of drug-likeness (QED) is 0.306. The van der Waals surface area contributed by atoms with Gasteiger partial charge in [0.05, 0.1) is 24.3 Å². The lowest BCUT2D eigenvalue weighted by Crippen LogP contribution is -2.06. The first kappa shape index (κ1) is 21.7. The van der Waals surface area contributed by atoms with Crippen molar-refractivity contribution in [3.05, 3.63) is 70.8 Å². The fourth-order valence-electron chi connectivity index (χ4n) is 2.47. The van der Waals surface area contributed by atoms with Crippen molar-refractivity contribution in [2.24, 2.45) is 0 Å². The summed E-state index contributed by atoms with van der Waals surface area (Å²) in [4.78, 5) is 0. The van der Waals surface area contributed by atoms with Gasteiger partial charge in [0.15, 0.2) is 11.5 Å². The van der Waals surface area contributed by atoms with Crippen LogP contribution in [0.3, 0.4) is 0 Å². The number of rotatable bonds is 6. The van der Waals surface area contributed by atoms with Gasteiger partial charge < -0.3 is 9.47 Å². The van der Waals surface area contributed by atoms with Gasteiger partial charge in [-0.2, -0.15) is 26.3 Å². The molecule has 2 rings (SSSR count). The Labute approximate surface area is 158 Å². The third-order valence-electron chi connectivity index (χ3n) is 3.73. The summed E-state index contributed by atoms with van der Waals surface area (Å²) in [5.41, 5.74) is -1.00. The van der Waals surface area contributed by atoms with Gasteiger partial charge in [-0.25, -0.2) is 0 Å². The molecule has 0 radical (unpaired) electrons. The highest BCUT2D eigenvalue weighted by Gasteiger charge is 2.31. The van der Waals surface area contributed by atoms with Crippen LogP contribution in [0.15, 0.2) is 48.5 Å². The summed E-state index contributed by atoms with van der Waals surface area (Å²) >= 11 is 0. The van der Waals surface area contributed by atoms with Crippen molar-refractivity contribution in [1.82, 2.24) is 0 Å². The molecule has 0 fully saturated rings.